The first-order chi connectivity index (χ1) is 9.13. The molecule has 0 bridgehead atoms. The summed E-state index contributed by atoms with van der Waals surface area (Å²) in [5.41, 5.74) is 11.1. The smallest absolute Gasteiger partial charge is 0.191 e. The van der Waals surface area contributed by atoms with Crippen molar-refractivity contribution in [2.75, 3.05) is 23.8 Å². The highest BCUT2D eigenvalue weighted by Crippen LogP contribution is 2.17. The summed E-state index contributed by atoms with van der Waals surface area (Å²) in [5.74, 6) is 1.45. The van der Waals surface area contributed by atoms with E-state index in [1.54, 1.807) is 12.1 Å². The summed E-state index contributed by atoms with van der Waals surface area (Å²) in [4.78, 5) is 8.05. The van der Waals surface area contributed by atoms with Gasteiger partial charge in [-0.2, -0.15) is 0 Å². The van der Waals surface area contributed by atoms with Crippen molar-refractivity contribution in [3.05, 3.63) is 36.1 Å². The lowest BCUT2D eigenvalue weighted by Crippen LogP contribution is -2.03. The minimum atomic E-state index is -0.322. The highest BCUT2D eigenvalue weighted by Gasteiger charge is 2.02. The molecule has 7 heteroatoms. The normalized spacial score (nSPS) is 10.4. The Labute approximate surface area is 114 Å². The number of halogens is 1. The fourth-order valence-electron chi connectivity index (χ4n) is 1.38. The lowest BCUT2D eigenvalue weighted by atomic mass is 10.3. The maximum Gasteiger partial charge on any atom is 0.191 e. The molecule has 0 amide bonds. The van der Waals surface area contributed by atoms with Gasteiger partial charge in [0.2, 0.25) is 0 Å². The van der Waals surface area contributed by atoms with Crippen molar-refractivity contribution in [3.8, 4) is 5.75 Å². The van der Waals surface area contributed by atoms with Gasteiger partial charge in [-0.25, -0.2) is 14.4 Å². The summed E-state index contributed by atoms with van der Waals surface area (Å²) in [6, 6.07) is 7.49. The van der Waals surface area contributed by atoms with Crippen LogP contribution in [0.1, 0.15) is 0 Å². The zero-order valence-electron chi connectivity index (χ0n) is 10.0. The van der Waals surface area contributed by atoms with Crippen molar-refractivity contribution in [1.29, 1.82) is 0 Å². The van der Waals surface area contributed by atoms with Crippen LogP contribution in [0.3, 0.4) is 0 Å². The fourth-order valence-corrected chi connectivity index (χ4v) is 2.06. The van der Waals surface area contributed by atoms with E-state index in [2.05, 4.69) is 9.97 Å². The SMILES string of the molecule is Nc1cc(N)nc(SCCOc2cccc(F)c2)n1. The largest absolute Gasteiger partial charge is 0.493 e. The number of aromatic nitrogens is 2. The molecule has 0 saturated heterocycles. The number of anilines is 2. The van der Waals surface area contributed by atoms with Crippen molar-refractivity contribution in [1.82, 2.24) is 9.97 Å². The Morgan fingerprint density at radius 1 is 1.16 bits per heavy atom. The van der Waals surface area contributed by atoms with Crippen LogP contribution in [0.4, 0.5) is 16.0 Å². The summed E-state index contributed by atoms with van der Waals surface area (Å²) in [5, 5.41) is 0.500. The van der Waals surface area contributed by atoms with E-state index in [0.29, 0.717) is 34.9 Å². The zero-order chi connectivity index (χ0) is 13.7. The molecule has 0 radical (unpaired) electrons. The molecule has 2 rings (SSSR count). The van der Waals surface area contributed by atoms with E-state index in [1.165, 1.54) is 30.0 Å². The number of hydrogen-bond donors (Lipinski definition) is 2. The van der Waals surface area contributed by atoms with Crippen LogP contribution in [0.2, 0.25) is 0 Å². The summed E-state index contributed by atoms with van der Waals surface area (Å²) >= 11 is 1.37. The molecule has 19 heavy (non-hydrogen) atoms. The van der Waals surface area contributed by atoms with Crippen molar-refractivity contribution in [3.63, 3.8) is 0 Å². The molecule has 0 spiro atoms. The number of nitrogens with two attached hydrogens (primary N) is 2. The van der Waals surface area contributed by atoms with Gasteiger partial charge >= 0.3 is 0 Å². The molecule has 100 valence electrons. The molecule has 0 saturated carbocycles. The quantitative estimate of drug-likeness (QED) is 0.494. The maximum absolute atomic E-state index is 12.9. The Hall–Kier alpha value is -2.02. The second-order valence-corrected chi connectivity index (χ2v) is 4.72. The molecular weight excluding hydrogens is 267 g/mol. The number of thioether (sulfide) groups is 1. The van der Waals surface area contributed by atoms with Gasteiger partial charge in [-0.3, -0.25) is 0 Å². The Bertz CT molecular complexity index is 547. The topological polar surface area (TPSA) is 87.1 Å². The van der Waals surface area contributed by atoms with E-state index in [-0.39, 0.29) is 5.82 Å². The fraction of sp³-hybridized carbons (Fsp3) is 0.167. The third-order valence-electron chi connectivity index (χ3n) is 2.12. The van der Waals surface area contributed by atoms with E-state index >= 15 is 0 Å². The summed E-state index contributed by atoms with van der Waals surface area (Å²) < 4.78 is 18.3. The highest BCUT2D eigenvalue weighted by atomic mass is 32.2. The molecule has 5 nitrogen and oxygen atoms in total. The Balaban J connectivity index is 1.80. The number of hydrogen-bond acceptors (Lipinski definition) is 6. The van der Waals surface area contributed by atoms with Crippen LogP contribution in [0.15, 0.2) is 35.5 Å². The number of rotatable bonds is 5. The molecule has 1 heterocycles. The van der Waals surface area contributed by atoms with Crippen LogP contribution in [-0.2, 0) is 0 Å². The Morgan fingerprint density at radius 2 is 1.89 bits per heavy atom. The van der Waals surface area contributed by atoms with E-state index in [9.17, 15) is 4.39 Å². The molecule has 0 aliphatic heterocycles. The molecule has 1 aromatic carbocycles. The lowest BCUT2D eigenvalue weighted by molar-refractivity contribution is 0.342. The lowest BCUT2D eigenvalue weighted by Gasteiger charge is -2.06. The first-order valence-corrected chi connectivity index (χ1v) is 6.53. The second kappa shape index (κ2) is 6.24. The van der Waals surface area contributed by atoms with Crippen LogP contribution < -0.4 is 16.2 Å². The van der Waals surface area contributed by atoms with Gasteiger partial charge in [0, 0.05) is 17.9 Å². The van der Waals surface area contributed by atoms with Crippen LogP contribution in [0.5, 0.6) is 5.75 Å². The van der Waals surface area contributed by atoms with Gasteiger partial charge in [0.05, 0.1) is 6.61 Å². The predicted molar refractivity (Wildman–Crippen MR) is 73.5 cm³/mol. The second-order valence-electron chi connectivity index (χ2n) is 3.65. The maximum atomic E-state index is 12.9. The zero-order valence-corrected chi connectivity index (χ0v) is 10.9. The summed E-state index contributed by atoms with van der Waals surface area (Å²) in [6.45, 7) is 0.409. The van der Waals surface area contributed by atoms with E-state index in [0.717, 1.165) is 0 Å². The van der Waals surface area contributed by atoms with Crippen molar-refractivity contribution in [2.45, 2.75) is 5.16 Å². The third-order valence-corrected chi connectivity index (χ3v) is 2.94. The molecule has 0 aliphatic rings. The van der Waals surface area contributed by atoms with Crippen molar-refractivity contribution in [2.24, 2.45) is 0 Å². The highest BCUT2D eigenvalue weighted by molar-refractivity contribution is 7.99. The van der Waals surface area contributed by atoms with Gasteiger partial charge in [-0.15, -0.1) is 0 Å². The first kappa shape index (κ1) is 13.4. The molecule has 2 aromatic rings. The van der Waals surface area contributed by atoms with Gasteiger partial charge in [-0.1, -0.05) is 17.8 Å². The third kappa shape index (κ3) is 4.29. The molecule has 1 aromatic heterocycles. The van der Waals surface area contributed by atoms with Gasteiger partial charge in [0.15, 0.2) is 5.16 Å². The van der Waals surface area contributed by atoms with Gasteiger partial charge < -0.3 is 16.2 Å². The summed E-state index contributed by atoms with van der Waals surface area (Å²) in [6.07, 6.45) is 0. The molecule has 0 aliphatic carbocycles. The predicted octanol–water partition coefficient (Wildman–Crippen LogP) is 1.95. The average molecular weight is 280 g/mol. The molecule has 0 unspecified atom stereocenters. The number of ether oxygens (including phenoxy) is 1. The standard InChI is InChI=1S/C12H13FN4OS/c13-8-2-1-3-9(6-8)18-4-5-19-12-16-10(14)7-11(15)17-12/h1-3,6-7H,4-5H2,(H4,14,15,16,17). The molecule has 0 fully saturated rings. The van der Waals surface area contributed by atoms with Crippen LogP contribution >= 0.6 is 11.8 Å². The Kier molecular flexibility index (Phi) is 4.40. The Morgan fingerprint density at radius 3 is 2.58 bits per heavy atom. The van der Waals surface area contributed by atoms with Gasteiger partial charge in [0.25, 0.3) is 0 Å². The van der Waals surface area contributed by atoms with Crippen molar-refractivity contribution >= 4 is 23.4 Å². The number of nitrogen functional groups attached to an aromatic ring is 2. The average Bonchev–Trinajstić information content (AvgIpc) is 2.34. The van der Waals surface area contributed by atoms with Crippen LogP contribution in [-0.4, -0.2) is 22.3 Å². The molecule has 4 N–H and O–H groups in total. The first-order valence-electron chi connectivity index (χ1n) is 5.55. The monoisotopic (exact) mass is 280 g/mol. The van der Waals surface area contributed by atoms with Gasteiger partial charge in [0.1, 0.15) is 23.2 Å². The number of nitrogens with zero attached hydrogens (tertiary/aromatic N) is 2. The minimum Gasteiger partial charge on any atom is -0.493 e. The van der Waals surface area contributed by atoms with E-state index in [1.807, 2.05) is 0 Å². The molecular formula is C12H13FN4OS. The minimum absolute atomic E-state index is 0.322. The number of benzene rings is 1. The summed E-state index contributed by atoms with van der Waals surface area (Å²) in [7, 11) is 0. The van der Waals surface area contributed by atoms with E-state index in [4.69, 9.17) is 16.2 Å². The van der Waals surface area contributed by atoms with Crippen LogP contribution in [0.25, 0.3) is 0 Å². The van der Waals surface area contributed by atoms with E-state index < -0.39 is 0 Å². The van der Waals surface area contributed by atoms with Gasteiger partial charge in [-0.05, 0) is 12.1 Å². The molecule has 0 atom stereocenters. The van der Waals surface area contributed by atoms with Crippen LogP contribution in [0, 0.1) is 5.82 Å². The van der Waals surface area contributed by atoms with Crippen molar-refractivity contribution < 1.29 is 9.13 Å².